The van der Waals surface area contributed by atoms with Crippen molar-refractivity contribution in [2.24, 2.45) is 11.1 Å². The van der Waals surface area contributed by atoms with E-state index in [4.69, 9.17) is 9.88 Å². The number of ether oxygens (including phenoxy) is 1. The molecule has 0 aliphatic heterocycles. The Morgan fingerprint density at radius 3 is 2.82 bits per heavy atom. The Labute approximate surface area is 197 Å². The first-order valence-electron chi connectivity index (χ1n) is 10.9. The molecular weight excluding hydrogens is 465 g/mol. The molecule has 3 aromatic rings. The number of aliphatic hydroxyl groups is 1. The first-order chi connectivity index (χ1) is 16.2. The second kappa shape index (κ2) is 9.92. The molecule has 0 radical (unpaired) electrons. The zero-order valence-electron chi connectivity index (χ0n) is 18.9. The summed E-state index contributed by atoms with van der Waals surface area (Å²) < 4.78 is 49.1. The van der Waals surface area contributed by atoms with Gasteiger partial charge in [-0.05, 0) is 17.5 Å². The first kappa shape index (κ1) is 24.5. The van der Waals surface area contributed by atoms with E-state index in [2.05, 4.69) is 19.5 Å². The van der Waals surface area contributed by atoms with Crippen molar-refractivity contribution in [2.45, 2.75) is 44.6 Å². The molecule has 0 bridgehead atoms. The first-order valence-corrected chi connectivity index (χ1v) is 12.4. The average Bonchev–Trinajstić information content (AvgIpc) is 3.31. The molecule has 1 aliphatic carbocycles. The van der Waals surface area contributed by atoms with E-state index >= 15 is 4.39 Å². The normalized spacial score (nSPS) is 19.8. The number of hydrogen-bond donors (Lipinski definition) is 3. The molecule has 0 saturated heterocycles. The van der Waals surface area contributed by atoms with Crippen molar-refractivity contribution >= 4 is 27.2 Å². The number of benzene rings is 1. The van der Waals surface area contributed by atoms with Crippen molar-refractivity contribution in [1.82, 2.24) is 14.5 Å². The zero-order chi connectivity index (χ0) is 24.5. The van der Waals surface area contributed by atoms with Gasteiger partial charge in [-0.1, -0.05) is 31.2 Å². The summed E-state index contributed by atoms with van der Waals surface area (Å²) in [4.78, 5) is 8.51. The Balaban J connectivity index is 1.60. The quantitative estimate of drug-likeness (QED) is 0.389. The zero-order valence-corrected chi connectivity index (χ0v) is 19.7. The van der Waals surface area contributed by atoms with Crippen LogP contribution < -0.4 is 10.5 Å². The number of hydrogen-bond acceptors (Lipinski definition) is 8. The highest BCUT2D eigenvalue weighted by atomic mass is 32.2. The molecule has 10 nitrogen and oxygen atoms in total. The molecule has 0 spiro atoms. The molecule has 4 atom stereocenters. The minimum atomic E-state index is -4.13. The maximum Gasteiger partial charge on any atom is 0.333 e. The van der Waals surface area contributed by atoms with Crippen LogP contribution in [-0.4, -0.2) is 54.0 Å². The van der Waals surface area contributed by atoms with Gasteiger partial charge in [0.05, 0.1) is 36.8 Å². The monoisotopic (exact) mass is 493 g/mol. The molecule has 0 unspecified atom stereocenters. The molecule has 34 heavy (non-hydrogen) atoms. The summed E-state index contributed by atoms with van der Waals surface area (Å²) in [5.41, 5.74) is 2.53. The predicted octanol–water partition coefficient (Wildman–Crippen LogP) is 1.90. The molecular formula is C22H28FN5O5S. The van der Waals surface area contributed by atoms with Gasteiger partial charge in [0.25, 0.3) is 0 Å². The number of nitrogens with zero attached hydrogens (tertiary/aromatic N) is 3. The highest BCUT2D eigenvalue weighted by Gasteiger charge is 2.33. The van der Waals surface area contributed by atoms with Crippen LogP contribution in [0.1, 0.15) is 30.5 Å². The second-order valence-corrected chi connectivity index (χ2v) is 9.58. The van der Waals surface area contributed by atoms with Crippen LogP contribution in [0.25, 0.3) is 11.0 Å². The molecule has 2 heterocycles. The Morgan fingerprint density at radius 1 is 1.35 bits per heavy atom. The van der Waals surface area contributed by atoms with Crippen molar-refractivity contribution in [3.05, 3.63) is 53.7 Å². The third kappa shape index (κ3) is 5.05. The summed E-state index contributed by atoms with van der Waals surface area (Å²) in [6.45, 7) is 1.49. The van der Waals surface area contributed by atoms with E-state index < -0.39 is 28.1 Å². The summed E-state index contributed by atoms with van der Waals surface area (Å²) in [6.07, 6.45) is 2.58. The lowest BCUT2D eigenvalue weighted by Crippen LogP contribution is -2.31. The molecule has 184 valence electrons. The van der Waals surface area contributed by atoms with Gasteiger partial charge < -0.3 is 19.7 Å². The Kier molecular flexibility index (Phi) is 7.14. The summed E-state index contributed by atoms with van der Waals surface area (Å²) >= 11 is 0. The lowest BCUT2D eigenvalue weighted by atomic mass is 10.0. The highest BCUT2D eigenvalue weighted by molar-refractivity contribution is 7.84. The van der Waals surface area contributed by atoms with Crippen molar-refractivity contribution in [1.29, 1.82) is 0 Å². The average molecular weight is 494 g/mol. The number of anilines is 1. The van der Waals surface area contributed by atoms with Gasteiger partial charge in [0.15, 0.2) is 5.82 Å². The van der Waals surface area contributed by atoms with Crippen molar-refractivity contribution in [3.8, 4) is 0 Å². The lowest BCUT2D eigenvalue weighted by molar-refractivity contribution is 0.0615. The number of fused-ring (bicyclic) bond motifs is 2. The van der Waals surface area contributed by atoms with Crippen LogP contribution in [0.5, 0.6) is 0 Å². The van der Waals surface area contributed by atoms with Gasteiger partial charge >= 0.3 is 10.3 Å². The summed E-state index contributed by atoms with van der Waals surface area (Å²) in [7, 11) is -2.49. The molecule has 1 aromatic carbocycles. The van der Waals surface area contributed by atoms with E-state index in [0.717, 1.165) is 17.5 Å². The van der Waals surface area contributed by atoms with Gasteiger partial charge in [0.1, 0.15) is 17.8 Å². The standard InChI is InChI=1S/C22H28FN5O5S/c1-3-13(11-33-34(24,30)31)17(29)10-28-9-16(23)19-21(25-12-26-22(19)28)27-20-15-7-5-4-6-14(15)8-18(20)32-2/h4-7,9,12-13,17-18,20,29H,3,8,10-11H2,1-2H3,(H2,24,30,31)(H,25,26,27)/t13-,17-,18-,20+/m0/s1. The third-order valence-electron chi connectivity index (χ3n) is 6.28. The van der Waals surface area contributed by atoms with Crippen LogP contribution >= 0.6 is 0 Å². The van der Waals surface area contributed by atoms with Gasteiger partial charge in [0, 0.05) is 25.6 Å². The number of aliphatic hydroxyl groups excluding tert-OH is 1. The van der Waals surface area contributed by atoms with Crippen LogP contribution in [0.2, 0.25) is 0 Å². The fourth-order valence-corrected chi connectivity index (χ4v) is 4.82. The van der Waals surface area contributed by atoms with Crippen molar-refractivity contribution < 1.29 is 26.8 Å². The van der Waals surface area contributed by atoms with E-state index in [9.17, 15) is 13.5 Å². The number of aromatic nitrogens is 3. The Hall–Kier alpha value is -2.64. The van der Waals surface area contributed by atoms with Crippen LogP contribution in [0.4, 0.5) is 10.2 Å². The largest absolute Gasteiger partial charge is 0.391 e. The fourth-order valence-electron chi connectivity index (χ4n) is 4.45. The number of rotatable bonds is 10. The van der Waals surface area contributed by atoms with E-state index in [1.54, 1.807) is 14.0 Å². The smallest absolute Gasteiger partial charge is 0.333 e. The van der Waals surface area contributed by atoms with Gasteiger partial charge in [-0.25, -0.2) is 19.5 Å². The van der Waals surface area contributed by atoms with Gasteiger partial charge in [0.2, 0.25) is 0 Å². The summed E-state index contributed by atoms with van der Waals surface area (Å²) in [5.74, 6) is -0.751. The molecule has 12 heteroatoms. The maximum atomic E-state index is 15.1. The number of nitrogens with one attached hydrogen (secondary N) is 1. The molecule has 4 N–H and O–H groups in total. The van der Waals surface area contributed by atoms with Crippen LogP contribution in [-0.2, 0) is 32.2 Å². The van der Waals surface area contributed by atoms with Gasteiger partial charge in [-0.2, -0.15) is 8.42 Å². The predicted molar refractivity (Wildman–Crippen MR) is 124 cm³/mol. The molecule has 1 aliphatic rings. The number of methoxy groups -OCH3 is 1. The van der Waals surface area contributed by atoms with Crippen molar-refractivity contribution in [3.63, 3.8) is 0 Å². The SMILES string of the molecule is CC[C@@H](COS(N)(=O)=O)[C@@H](O)Cn1cc(F)c2c(N[C@@H]3c4ccccc4C[C@@H]3OC)ncnc21. The minimum Gasteiger partial charge on any atom is -0.391 e. The number of nitrogens with two attached hydrogens (primary N) is 1. The minimum absolute atomic E-state index is 0.0175. The topological polar surface area (TPSA) is 142 Å². The Morgan fingerprint density at radius 2 is 2.12 bits per heavy atom. The van der Waals surface area contributed by atoms with Crippen LogP contribution in [0.3, 0.4) is 0 Å². The van der Waals surface area contributed by atoms with Crippen LogP contribution in [0.15, 0.2) is 36.8 Å². The molecule has 4 rings (SSSR count). The van der Waals surface area contributed by atoms with Crippen LogP contribution in [0, 0.1) is 11.7 Å². The third-order valence-corrected chi connectivity index (χ3v) is 6.75. The van der Waals surface area contributed by atoms with Crippen molar-refractivity contribution in [2.75, 3.05) is 19.0 Å². The molecule has 2 aromatic heterocycles. The maximum absolute atomic E-state index is 15.1. The number of halogens is 1. The summed E-state index contributed by atoms with van der Waals surface area (Å²) in [5, 5.41) is 19.1. The highest BCUT2D eigenvalue weighted by Crippen LogP contribution is 2.37. The van der Waals surface area contributed by atoms with Gasteiger partial charge in [-0.3, -0.25) is 4.18 Å². The fraction of sp³-hybridized carbons (Fsp3) is 0.455. The Bertz CT molecular complexity index is 1270. The second-order valence-electron chi connectivity index (χ2n) is 8.36. The molecule has 0 saturated carbocycles. The lowest BCUT2D eigenvalue weighted by Gasteiger charge is -2.22. The summed E-state index contributed by atoms with van der Waals surface area (Å²) in [6, 6.07) is 7.76. The van der Waals surface area contributed by atoms with E-state index in [1.807, 2.05) is 24.3 Å². The van der Waals surface area contributed by atoms with E-state index in [0.29, 0.717) is 17.9 Å². The molecule has 0 amide bonds. The van der Waals surface area contributed by atoms with E-state index in [-0.39, 0.29) is 30.7 Å². The van der Waals surface area contributed by atoms with E-state index in [1.165, 1.54) is 17.1 Å². The molecule has 0 fully saturated rings. The van der Waals surface area contributed by atoms with Gasteiger partial charge in [-0.15, -0.1) is 0 Å².